The predicted molar refractivity (Wildman–Crippen MR) is 333 cm³/mol. The van der Waals surface area contributed by atoms with E-state index in [0.29, 0.717) is 23.9 Å². The van der Waals surface area contributed by atoms with Gasteiger partial charge in [-0.15, -0.1) is 0 Å². The molecule has 0 aromatic heterocycles. The maximum absolute atomic E-state index is 12.9. The van der Waals surface area contributed by atoms with Crippen molar-refractivity contribution in [2.75, 3.05) is 47.5 Å². The maximum atomic E-state index is 12.9. The average molecular weight is 1100 g/mol. The molecule has 0 N–H and O–H groups in total. The molecule has 2 unspecified atom stereocenters. The molecule has 0 saturated carbocycles. The molecule has 0 aliphatic carbocycles. The van der Waals surface area contributed by atoms with Crippen LogP contribution >= 0.6 is 0 Å². The highest BCUT2D eigenvalue weighted by Gasteiger charge is 2.22. The Balaban J connectivity index is 4.11. The van der Waals surface area contributed by atoms with Gasteiger partial charge >= 0.3 is 11.9 Å². The van der Waals surface area contributed by atoms with Gasteiger partial charge in [0.25, 0.3) is 0 Å². The fraction of sp³-hybridized carbons (Fsp3) is 0.643. The van der Waals surface area contributed by atoms with E-state index in [9.17, 15) is 19.5 Å². The van der Waals surface area contributed by atoms with Gasteiger partial charge in [-0.05, 0) is 109 Å². The van der Waals surface area contributed by atoms with Crippen LogP contribution in [-0.4, -0.2) is 82.3 Å². The number of carbonyl (C=O) groups excluding carboxylic acids is 3. The third-order valence-corrected chi connectivity index (χ3v) is 12.9. The van der Waals surface area contributed by atoms with E-state index in [0.717, 1.165) is 122 Å². The monoisotopic (exact) mass is 1100 g/mol. The number of carboxylic acids is 1. The van der Waals surface area contributed by atoms with Crippen molar-refractivity contribution in [1.29, 1.82) is 0 Å². The molecule has 9 nitrogen and oxygen atoms in total. The van der Waals surface area contributed by atoms with Gasteiger partial charge in [0, 0.05) is 12.8 Å². The predicted octanol–water partition coefficient (Wildman–Crippen LogP) is 17.7. The summed E-state index contributed by atoms with van der Waals surface area (Å²) in [5.41, 5.74) is 0. The number of hydrogen-bond donors (Lipinski definition) is 0. The van der Waals surface area contributed by atoms with Gasteiger partial charge in [-0.25, -0.2) is 0 Å². The number of hydrogen-bond acceptors (Lipinski definition) is 8. The van der Waals surface area contributed by atoms with E-state index in [-0.39, 0.29) is 38.6 Å². The number of ether oxygens (including phenoxy) is 4. The molecule has 0 saturated heterocycles. The number of esters is 2. The molecule has 0 radical (unpaired) electrons. The number of rotatable bonds is 56. The lowest BCUT2D eigenvalue weighted by Crippen LogP contribution is -2.44. The molecule has 79 heavy (non-hydrogen) atoms. The van der Waals surface area contributed by atoms with Crippen LogP contribution in [0.1, 0.15) is 232 Å². The van der Waals surface area contributed by atoms with E-state index in [4.69, 9.17) is 18.9 Å². The summed E-state index contributed by atoms with van der Waals surface area (Å²) in [5.74, 6) is -2.32. The third-order valence-electron chi connectivity index (χ3n) is 12.9. The summed E-state index contributed by atoms with van der Waals surface area (Å²) in [7, 11) is 5.91. The molecule has 0 rings (SSSR count). The minimum atomic E-state index is -1.63. The highest BCUT2D eigenvalue weighted by atomic mass is 16.7. The van der Waals surface area contributed by atoms with Crippen LogP contribution in [0, 0.1) is 0 Å². The molecule has 9 heteroatoms. The molecule has 0 fully saturated rings. The SMILES string of the molecule is CC/C=C\C/C=C\C/C=C\C/C=C\C/C=C\C/C=C\C/C=C\C/C=C\CCCCCCCCCCCCCCCCC(=O)OC(COC(=O)CCCCCCC/C=C\C/C=C\C/C=C\CC)COC(OCC[N+](C)(C)C)C(=O)[O-]. The molecule has 0 bridgehead atoms. The molecule has 0 heterocycles. The number of unbranched alkanes of at least 4 members (excludes halogenated alkanes) is 19. The van der Waals surface area contributed by atoms with Crippen LogP contribution in [0.15, 0.2) is 134 Å². The second-order valence-corrected chi connectivity index (χ2v) is 21.6. The highest BCUT2D eigenvalue weighted by Crippen LogP contribution is 2.16. The Labute approximate surface area is 484 Å². The van der Waals surface area contributed by atoms with Crippen LogP contribution in [0.25, 0.3) is 0 Å². The van der Waals surface area contributed by atoms with E-state index in [1.54, 1.807) is 0 Å². The van der Waals surface area contributed by atoms with Gasteiger partial charge in [-0.2, -0.15) is 0 Å². The van der Waals surface area contributed by atoms with Gasteiger partial charge in [0.15, 0.2) is 12.4 Å². The van der Waals surface area contributed by atoms with Crippen molar-refractivity contribution < 1.29 is 42.9 Å². The van der Waals surface area contributed by atoms with Crippen LogP contribution in [0.5, 0.6) is 0 Å². The highest BCUT2D eigenvalue weighted by molar-refractivity contribution is 5.70. The van der Waals surface area contributed by atoms with E-state index in [1.807, 2.05) is 21.1 Å². The van der Waals surface area contributed by atoms with Gasteiger partial charge in [-0.3, -0.25) is 9.59 Å². The normalized spacial score (nSPS) is 13.7. The number of likely N-dealkylation sites (N-methyl/N-ethyl adjacent to an activating group) is 1. The number of carbonyl (C=O) groups is 3. The number of aliphatic carboxylic acids is 1. The quantitative estimate of drug-likeness (QED) is 0.0195. The summed E-state index contributed by atoms with van der Waals surface area (Å²) in [6.45, 7) is 4.49. The number of carboxylic acid groups (broad SMARTS) is 1. The molecule has 448 valence electrons. The van der Waals surface area contributed by atoms with Gasteiger partial charge in [-0.1, -0.05) is 244 Å². The maximum Gasteiger partial charge on any atom is 0.306 e. The minimum absolute atomic E-state index is 0.139. The second-order valence-electron chi connectivity index (χ2n) is 21.6. The van der Waals surface area contributed by atoms with Gasteiger partial charge in [0.1, 0.15) is 13.2 Å². The van der Waals surface area contributed by atoms with Crippen molar-refractivity contribution in [2.45, 2.75) is 245 Å². The summed E-state index contributed by atoms with van der Waals surface area (Å²) in [4.78, 5) is 37.3. The van der Waals surface area contributed by atoms with Crippen molar-refractivity contribution in [3.8, 4) is 0 Å². The van der Waals surface area contributed by atoms with Crippen LogP contribution in [0.3, 0.4) is 0 Å². The number of nitrogens with zero attached hydrogens (tertiary/aromatic N) is 1. The average Bonchev–Trinajstić information content (AvgIpc) is 3.42. The number of quaternary nitrogens is 1. The van der Waals surface area contributed by atoms with Crippen molar-refractivity contribution in [2.24, 2.45) is 0 Å². The molecule has 0 aromatic carbocycles. The van der Waals surface area contributed by atoms with Crippen molar-refractivity contribution in [1.82, 2.24) is 0 Å². The standard InChI is InChI=1S/C70H115NO8/c1-6-8-10-12-14-16-18-20-22-23-24-25-26-27-28-29-30-31-32-33-34-35-36-37-38-39-40-41-42-43-44-45-47-49-51-53-55-57-59-61-68(73)79-66(65-78-70(69(74)75)76-63-62-71(3,4)5)64-77-67(72)60-58-56-54-52-50-48-46-21-19-17-15-13-11-9-7-2/h8-11,14-17,20-22,24-25,27-28,30-31,33-34,36-37,46,66,70H,6-7,12-13,18-19,23,26,29,32,35,38-45,47-65H2,1-5H3/b10-8-,11-9-,16-14-,17-15-,22-20-,25-24-,28-27-,31-30-,34-33-,37-36-,46-21-. The topological polar surface area (TPSA) is 111 Å². The molecule has 0 spiro atoms. The number of allylic oxidation sites excluding steroid dienone is 22. The lowest BCUT2D eigenvalue weighted by Gasteiger charge is -2.26. The summed E-state index contributed by atoms with van der Waals surface area (Å²) < 4.78 is 22.7. The van der Waals surface area contributed by atoms with Gasteiger partial charge in [0.2, 0.25) is 0 Å². The summed E-state index contributed by atoms with van der Waals surface area (Å²) in [6.07, 6.45) is 82.4. The first-order valence-electron chi connectivity index (χ1n) is 31.3. The Morgan fingerprint density at radius 2 is 0.684 bits per heavy atom. The van der Waals surface area contributed by atoms with Crippen molar-refractivity contribution >= 4 is 17.9 Å². The molecule has 0 amide bonds. The smallest absolute Gasteiger partial charge is 0.306 e. The second kappa shape index (κ2) is 59.5. The molecular formula is C70H115NO8. The zero-order chi connectivity index (χ0) is 57.6. The zero-order valence-corrected chi connectivity index (χ0v) is 50.9. The first-order chi connectivity index (χ1) is 38.6. The van der Waals surface area contributed by atoms with E-state index in [1.165, 1.54) is 70.6 Å². The van der Waals surface area contributed by atoms with E-state index >= 15 is 0 Å². The minimum Gasteiger partial charge on any atom is -0.545 e. The molecule has 0 aliphatic rings. The summed E-state index contributed by atoms with van der Waals surface area (Å²) in [5, 5.41) is 11.8. The molecule has 2 atom stereocenters. The lowest BCUT2D eigenvalue weighted by atomic mass is 10.0. The first-order valence-corrected chi connectivity index (χ1v) is 31.3. The summed E-state index contributed by atoms with van der Waals surface area (Å²) in [6, 6.07) is 0. The molecule has 0 aliphatic heterocycles. The molecular weight excluding hydrogens is 983 g/mol. The van der Waals surface area contributed by atoms with E-state index < -0.39 is 24.3 Å². The molecule has 0 aromatic rings. The Morgan fingerprint density at radius 1 is 0.380 bits per heavy atom. The Hall–Kier alpha value is -4.57. The lowest BCUT2D eigenvalue weighted by molar-refractivity contribution is -0.870. The Bertz CT molecular complexity index is 1750. The fourth-order valence-corrected chi connectivity index (χ4v) is 8.15. The fourth-order valence-electron chi connectivity index (χ4n) is 8.15. The van der Waals surface area contributed by atoms with Crippen LogP contribution in [-0.2, 0) is 33.3 Å². The first kappa shape index (κ1) is 74.4. The van der Waals surface area contributed by atoms with Crippen LogP contribution < -0.4 is 5.11 Å². The largest absolute Gasteiger partial charge is 0.545 e. The van der Waals surface area contributed by atoms with Gasteiger partial charge < -0.3 is 33.3 Å². The Morgan fingerprint density at radius 3 is 1.01 bits per heavy atom. The van der Waals surface area contributed by atoms with Gasteiger partial charge in [0.05, 0.1) is 40.3 Å². The van der Waals surface area contributed by atoms with Crippen LogP contribution in [0.4, 0.5) is 0 Å². The zero-order valence-electron chi connectivity index (χ0n) is 50.9. The Kier molecular flexibility index (Phi) is 56.1. The van der Waals surface area contributed by atoms with Crippen molar-refractivity contribution in [3.63, 3.8) is 0 Å². The van der Waals surface area contributed by atoms with Crippen molar-refractivity contribution in [3.05, 3.63) is 134 Å². The summed E-state index contributed by atoms with van der Waals surface area (Å²) >= 11 is 0. The van der Waals surface area contributed by atoms with E-state index in [2.05, 4.69) is 148 Å². The third kappa shape index (κ3) is 60.9. The van der Waals surface area contributed by atoms with Crippen LogP contribution in [0.2, 0.25) is 0 Å².